The highest BCUT2D eigenvalue weighted by molar-refractivity contribution is 4.67. The SMILES string of the molecule is C=CCCC[CH]C. The van der Waals surface area contributed by atoms with Crippen LogP contribution >= 0.6 is 0 Å². The third kappa shape index (κ3) is 5.74. The summed E-state index contributed by atoms with van der Waals surface area (Å²) in [6.07, 6.45) is 7.79. The Morgan fingerprint density at radius 2 is 2.14 bits per heavy atom. The van der Waals surface area contributed by atoms with Crippen LogP contribution in [-0.2, 0) is 0 Å². The second-order valence-electron chi connectivity index (χ2n) is 1.63. The first-order valence-corrected chi connectivity index (χ1v) is 2.80. The van der Waals surface area contributed by atoms with Crippen molar-refractivity contribution in [2.24, 2.45) is 0 Å². The summed E-state index contributed by atoms with van der Waals surface area (Å²) in [7, 11) is 0. The minimum Gasteiger partial charge on any atom is -0.103 e. The minimum absolute atomic E-state index is 1.16. The number of hydrogen-bond donors (Lipinski definition) is 0. The van der Waals surface area contributed by atoms with E-state index in [0.29, 0.717) is 0 Å². The lowest BCUT2D eigenvalue weighted by Gasteiger charge is -1.87. The predicted molar refractivity (Wildman–Crippen MR) is 34.0 cm³/mol. The molecule has 0 unspecified atom stereocenters. The van der Waals surface area contributed by atoms with Crippen LogP contribution in [0.1, 0.15) is 26.2 Å². The lowest BCUT2D eigenvalue weighted by Crippen LogP contribution is -1.68. The average molecular weight is 97.2 g/mol. The second kappa shape index (κ2) is 5.74. The maximum absolute atomic E-state index is 3.62. The van der Waals surface area contributed by atoms with E-state index in [1.165, 1.54) is 12.8 Å². The van der Waals surface area contributed by atoms with Crippen LogP contribution in [0.2, 0.25) is 0 Å². The zero-order valence-corrected chi connectivity index (χ0v) is 4.98. The molecule has 0 heteroatoms. The molecule has 41 valence electrons. The molecule has 0 aliphatic carbocycles. The Kier molecular flexibility index (Phi) is 5.53. The molecule has 0 N–H and O–H groups in total. The topological polar surface area (TPSA) is 0 Å². The number of unbranched alkanes of at least 4 members (excludes halogenated alkanes) is 3. The van der Waals surface area contributed by atoms with Gasteiger partial charge in [0.1, 0.15) is 0 Å². The van der Waals surface area contributed by atoms with Crippen LogP contribution < -0.4 is 0 Å². The summed E-state index contributed by atoms with van der Waals surface area (Å²) in [5.74, 6) is 0. The molecule has 0 fully saturated rings. The monoisotopic (exact) mass is 97.1 g/mol. The molecule has 0 amide bonds. The lowest BCUT2D eigenvalue weighted by atomic mass is 10.2. The molecule has 0 atom stereocenters. The van der Waals surface area contributed by atoms with E-state index < -0.39 is 0 Å². The summed E-state index contributed by atoms with van der Waals surface area (Å²) in [4.78, 5) is 0. The second-order valence-corrected chi connectivity index (χ2v) is 1.63. The molecule has 0 saturated carbocycles. The Labute approximate surface area is 46.2 Å². The van der Waals surface area contributed by atoms with Crippen molar-refractivity contribution in [1.29, 1.82) is 0 Å². The van der Waals surface area contributed by atoms with E-state index in [1.807, 2.05) is 6.08 Å². The first kappa shape index (κ1) is 6.74. The van der Waals surface area contributed by atoms with Crippen molar-refractivity contribution in [3.05, 3.63) is 19.1 Å². The molecule has 0 heterocycles. The van der Waals surface area contributed by atoms with E-state index in [9.17, 15) is 0 Å². The third-order valence-electron chi connectivity index (χ3n) is 0.901. The molecular weight excluding hydrogens is 84.1 g/mol. The third-order valence-corrected chi connectivity index (χ3v) is 0.901. The van der Waals surface area contributed by atoms with Crippen molar-refractivity contribution in [3.8, 4) is 0 Å². The van der Waals surface area contributed by atoms with Crippen LogP contribution in [0.3, 0.4) is 0 Å². The Bertz CT molecular complexity index is 37.3. The van der Waals surface area contributed by atoms with E-state index in [4.69, 9.17) is 0 Å². The van der Waals surface area contributed by atoms with Crippen LogP contribution in [0.4, 0.5) is 0 Å². The van der Waals surface area contributed by atoms with Crippen molar-refractivity contribution in [2.45, 2.75) is 26.2 Å². The largest absolute Gasteiger partial charge is 0.103 e. The van der Waals surface area contributed by atoms with Gasteiger partial charge in [-0.05, 0) is 19.3 Å². The first-order chi connectivity index (χ1) is 3.41. The van der Waals surface area contributed by atoms with Crippen LogP contribution in [0, 0.1) is 6.42 Å². The zero-order valence-electron chi connectivity index (χ0n) is 4.98. The van der Waals surface area contributed by atoms with Gasteiger partial charge in [0, 0.05) is 0 Å². The summed E-state index contributed by atoms with van der Waals surface area (Å²) >= 11 is 0. The van der Waals surface area contributed by atoms with Crippen molar-refractivity contribution >= 4 is 0 Å². The smallest absolute Gasteiger partial charge is 0.0353 e. The fourth-order valence-corrected chi connectivity index (χ4v) is 0.466. The van der Waals surface area contributed by atoms with Gasteiger partial charge < -0.3 is 0 Å². The molecule has 0 rings (SSSR count). The quantitative estimate of drug-likeness (QED) is 0.373. The molecule has 0 aliphatic heterocycles. The highest BCUT2D eigenvalue weighted by Crippen LogP contribution is 1.96. The van der Waals surface area contributed by atoms with Crippen LogP contribution in [0.25, 0.3) is 0 Å². The van der Waals surface area contributed by atoms with E-state index in [2.05, 4.69) is 19.9 Å². The Balaban J connectivity index is 2.56. The van der Waals surface area contributed by atoms with Gasteiger partial charge in [-0.15, -0.1) is 6.58 Å². The highest BCUT2D eigenvalue weighted by atomic mass is 13.8. The summed E-state index contributed by atoms with van der Waals surface area (Å²) in [5.41, 5.74) is 0. The molecule has 1 radical (unpaired) electrons. The standard InChI is InChI=1S/C7H13/c1-3-5-7-6-4-2/h3-4H,1,5-7H2,2H3. The number of rotatable bonds is 4. The van der Waals surface area contributed by atoms with Crippen LogP contribution in [-0.4, -0.2) is 0 Å². The van der Waals surface area contributed by atoms with Crippen LogP contribution in [0.15, 0.2) is 12.7 Å². The maximum Gasteiger partial charge on any atom is -0.0353 e. The van der Waals surface area contributed by atoms with Gasteiger partial charge in [0.25, 0.3) is 0 Å². The average Bonchev–Trinajstić information content (AvgIpc) is 1.69. The summed E-state index contributed by atoms with van der Waals surface area (Å²) in [5, 5.41) is 0. The molecule has 0 aromatic rings. The van der Waals surface area contributed by atoms with E-state index in [1.54, 1.807) is 0 Å². The van der Waals surface area contributed by atoms with E-state index >= 15 is 0 Å². The summed E-state index contributed by atoms with van der Waals surface area (Å²) in [6.45, 7) is 5.70. The van der Waals surface area contributed by atoms with Crippen LogP contribution in [0.5, 0.6) is 0 Å². The van der Waals surface area contributed by atoms with Gasteiger partial charge in [0.2, 0.25) is 0 Å². The van der Waals surface area contributed by atoms with Crippen molar-refractivity contribution in [1.82, 2.24) is 0 Å². The molecule has 0 aromatic carbocycles. The van der Waals surface area contributed by atoms with Gasteiger partial charge >= 0.3 is 0 Å². The molecular formula is C7H13. The van der Waals surface area contributed by atoms with Gasteiger partial charge in [-0.3, -0.25) is 0 Å². The molecule has 7 heavy (non-hydrogen) atoms. The molecule has 0 spiro atoms. The number of hydrogen-bond acceptors (Lipinski definition) is 0. The lowest BCUT2D eigenvalue weighted by molar-refractivity contribution is 0.829. The highest BCUT2D eigenvalue weighted by Gasteiger charge is 1.77. The molecule has 0 aromatic heterocycles. The van der Waals surface area contributed by atoms with E-state index in [0.717, 1.165) is 6.42 Å². The van der Waals surface area contributed by atoms with Gasteiger partial charge in [0.15, 0.2) is 0 Å². The van der Waals surface area contributed by atoms with Gasteiger partial charge in [0.05, 0.1) is 0 Å². The van der Waals surface area contributed by atoms with Gasteiger partial charge in [-0.1, -0.05) is 19.4 Å². The van der Waals surface area contributed by atoms with Gasteiger partial charge in [-0.25, -0.2) is 0 Å². The van der Waals surface area contributed by atoms with Crippen molar-refractivity contribution in [2.75, 3.05) is 0 Å². The summed E-state index contributed by atoms with van der Waals surface area (Å²) in [6, 6.07) is 0. The molecule has 0 aliphatic rings. The Morgan fingerprint density at radius 1 is 1.43 bits per heavy atom. The Hall–Kier alpha value is -0.260. The molecule has 0 bridgehead atoms. The van der Waals surface area contributed by atoms with E-state index in [-0.39, 0.29) is 0 Å². The molecule has 0 nitrogen and oxygen atoms in total. The number of allylic oxidation sites excluding steroid dienone is 1. The maximum atomic E-state index is 3.62. The zero-order chi connectivity index (χ0) is 5.54. The van der Waals surface area contributed by atoms with Gasteiger partial charge in [-0.2, -0.15) is 0 Å². The van der Waals surface area contributed by atoms with Crippen molar-refractivity contribution in [3.63, 3.8) is 0 Å². The first-order valence-electron chi connectivity index (χ1n) is 2.80. The molecule has 0 saturated heterocycles. The normalized spacial score (nSPS) is 8.71. The Morgan fingerprint density at radius 3 is 2.57 bits per heavy atom. The fraction of sp³-hybridized carbons (Fsp3) is 0.571. The fourth-order valence-electron chi connectivity index (χ4n) is 0.466. The summed E-state index contributed by atoms with van der Waals surface area (Å²) < 4.78 is 0. The minimum atomic E-state index is 1.16. The van der Waals surface area contributed by atoms with Crippen molar-refractivity contribution < 1.29 is 0 Å². The predicted octanol–water partition coefficient (Wildman–Crippen LogP) is 2.57.